The zero-order chi connectivity index (χ0) is 14.5. The molecule has 0 saturated heterocycles. The molecule has 0 aromatic heterocycles. The second-order valence-electron chi connectivity index (χ2n) is 4.99. The molecule has 0 saturated carbocycles. The molecule has 2 N–H and O–H groups in total. The van der Waals surface area contributed by atoms with E-state index < -0.39 is 0 Å². The number of anilines is 1. The average molecular weight is 287 g/mol. The Labute approximate surface area is 125 Å². The van der Waals surface area contributed by atoms with Crippen molar-refractivity contribution >= 4 is 17.4 Å². The topological polar surface area (TPSA) is 35.2 Å². The second-order valence-corrected chi connectivity index (χ2v) is 6.13. The van der Waals surface area contributed by atoms with Gasteiger partial charge in [0.1, 0.15) is 5.75 Å². The molecule has 0 unspecified atom stereocenters. The van der Waals surface area contributed by atoms with Crippen LogP contribution in [0.2, 0.25) is 0 Å². The van der Waals surface area contributed by atoms with Crippen molar-refractivity contribution in [2.24, 2.45) is 0 Å². The Morgan fingerprint density at radius 1 is 1.00 bits per heavy atom. The van der Waals surface area contributed by atoms with E-state index in [0.29, 0.717) is 6.61 Å². The average Bonchev–Trinajstić information content (AvgIpc) is 2.42. The van der Waals surface area contributed by atoms with Gasteiger partial charge in [-0.1, -0.05) is 18.2 Å². The third-order valence-corrected chi connectivity index (χ3v) is 4.28. The fourth-order valence-corrected chi connectivity index (χ4v) is 2.84. The van der Waals surface area contributed by atoms with E-state index >= 15 is 0 Å². The molecule has 0 heterocycles. The first kappa shape index (κ1) is 14.8. The minimum atomic E-state index is 0.698. The summed E-state index contributed by atoms with van der Waals surface area (Å²) in [5.41, 5.74) is 10.3. The normalized spacial score (nSPS) is 10.6. The van der Waals surface area contributed by atoms with Gasteiger partial charge in [-0.05, 0) is 55.7 Å². The fourth-order valence-electron chi connectivity index (χ4n) is 1.94. The van der Waals surface area contributed by atoms with Gasteiger partial charge in [-0.15, -0.1) is 11.8 Å². The van der Waals surface area contributed by atoms with E-state index in [1.165, 1.54) is 21.6 Å². The van der Waals surface area contributed by atoms with E-state index in [4.69, 9.17) is 10.5 Å². The summed E-state index contributed by atoms with van der Waals surface area (Å²) < 4.78 is 5.86. The predicted molar refractivity (Wildman–Crippen MR) is 87.7 cm³/mol. The number of hydrogen-bond acceptors (Lipinski definition) is 3. The van der Waals surface area contributed by atoms with E-state index in [9.17, 15) is 0 Å². The van der Waals surface area contributed by atoms with Crippen LogP contribution in [-0.4, -0.2) is 12.4 Å². The summed E-state index contributed by atoms with van der Waals surface area (Å²) in [6.07, 6.45) is 0. The summed E-state index contributed by atoms with van der Waals surface area (Å²) in [6.45, 7) is 6.96. The van der Waals surface area contributed by atoms with Crippen LogP contribution in [0.4, 0.5) is 5.69 Å². The number of hydrogen-bond donors (Lipinski definition) is 1. The van der Waals surface area contributed by atoms with Crippen LogP contribution in [-0.2, 0) is 0 Å². The number of thioether (sulfide) groups is 1. The first-order chi connectivity index (χ1) is 9.56. The second kappa shape index (κ2) is 6.71. The maximum atomic E-state index is 5.86. The van der Waals surface area contributed by atoms with Gasteiger partial charge in [-0.3, -0.25) is 0 Å². The van der Waals surface area contributed by atoms with Gasteiger partial charge in [-0.2, -0.15) is 0 Å². The molecule has 20 heavy (non-hydrogen) atoms. The Balaban J connectivity index is 1.87. The van der Waals surface area contributed by atoms with Crippen molar-refractivity contribution in [3.63, 3.8) is 0 Å². The monoisotopic (exact) mass is 287 g/mol. The van der Waals surface area contributed by atoms with Crippen molar-refractivity contribution in [1.29, 1.82) is 0 Å². The molecule has 0 aliphatic heterocycles. The van der Waals surface area contributed by atoms with Gasteiger partial charge in [0, 0.05) is 16.3 Å². The predicted octanol–water partition coefficient (Wildman–Crippen LogP) is 4.37. The maximum Gasteiger partial charge on any atom is 0.122 e. The van der Waals surface area contributed by atoms with Crippen LogP contribution in [0.25, 0.3) is 0 Å². The molecular weight excluding hydrogens is 266 g/mol. The SMILES string of the molecule is Cc1ccc(C)c(OCCSc2cc(N)ccc2C)c1. The third kappa shape index (κ3) is 3.94. The molecule has 2 aromatic carbocycles. The van der Waals surface area contributed by atoms with Crippen LogP contribution in [0.15, 0.2) is 41.3 Å². The van der Waals surface area contributed by atoms with Gasteiger partial charge in [0.25, 0.3) is 0 Å². The Morgan fingerprint density at radius 3 is 2.55 bits per heavy atom. The summed E-state index contributed by atoms with van der Waals surface area (Å²) in [4.78, 5) is 1.23. The van der Waals surface area contributed by atoms with Crippen molar-refractivity contribution in [2.45, 2.75) is 25.7 Å². The summed E-state index contributed by atoms with van der Waals surface area (Å²) in [5.74, 6) is 1.90. The van der Waals surface area contributed by atoms with E-state index in [-0.39, 0.29) is 0 Å². The number of nitrogen functional groups attached to an aromatic ring is 1. The summed E-state index contributed by atoms with van der Waals surface area (Å²) in [6, 6.07) is 12.3. The highest BCUT2D eigenvalue weighted by atomic mass is 32.2. The number of ether oxygens (including phenoxy) is 1. The molecule has 3 heteroatoms. The van der Waals surface area contributed by atoms with E-state index in [2.05, 4.69) is 45.0 Å². The lowest BCUT2D eigenvalue weighted by atomic mass is 10.1. The molecule has 106 valence electrons. The highest BCUT2D eigenvalue weighted by Crippen LogP contribution is 2.25. The quantitative estimate of drug-likeness (QED) is 0.504. The molecule has 2 rings (SSSR count). The van der Waals surface area contributed by atoms with Crippen molar-refractivity contribution in [1.82, 2.24) is 0 Å². The minimum absolute atomic E-state index is 0.698. The minimum Gasteiger partial charge on any atom is -0.492 e. The standard InChI is InChI=1S/C17H21NOS/c1-12-4-5-13(2)16(10-12)19-8-9-20-17-11-15(18)7-6-14(17)3/h4-7,10-11H,8-9,18H2,1-3H3. The molecule has 0 aliphatic carbocycles. The van der Waals surface area contributed by atoms with Gasteiger partial charge < -0.3 is 10.5 Å². The highest BCUT2D eigenvalue weighted by molar-refractivity contribution is 7.99. The van der Waals surface area contributed by atoms with Crippen molar-refractivity contribution in [2.75, 3.05) is 18.1 Å². The molecule has 0 spiro atoms. The Morgan fingerprint density at radius 2 is 1.75 bits per heavy atom. The first-order valence-electron chi connectivity index (χ1n) is 6.75. The summed E-state index contributed by atoms with van der Waals surface area (Å²) in [7, 11) is 0. The lowest BCUT2D eigenvalue weighted by molar-refractivity contribution is 0.341. The van der Waals surface area contributed by atoms with Crippen LogP contribution in [0.5, 0.6) is 5.75 Å². The van der Waals surface area contributed by atoms with Gasteiger partial charge in [0.15, 0.2) is 0 Å². The third-order valence-electron chi connectivity index (χ3n) is 3.15. The van der Waals surface area contributed by atoms with Gasteiger partial charge in [0.2, 0.25) is 0 Å². The van der Waals surface area contributed by atoms with E-state index in [1.54, 1.807) is 11.8 Å². The molecule has 0 radical (unpaired) electrons. The lowest BCUT2D eigenvalue weighted by Gasteiger charge is -2.11. The molecule has 0 amide bonds. The molecule has 0 atom stereocenters. The lowest BCUT2D eigenvalue weighted by Crippen LogP contribution is -2.02. The van der Waals surface area contributed by atoms with Crippen LogP contribution < -0.4 is 10.5 Å². The zero-order valence-corrected chi connectivity index (χ0v) is 13.1. The number of nitrogens with two attached hydrogens (primary N) is 1. The van der Waals surface area contributed by atoms with Crippen molar-refractivity contribution in [3.05, 3.63) is 53.1 Å². The molecule has 0 aliphatic rings. The smallest absolute Gasteiger partial charge is 0.122 e. The Kier molecular flexibility index (Phi) is 4.96. The van der Waals surface area contributed by atoms with Crippen LogP contribution in [0.3, 0.4) is 0 Å². The van der Waals surface area contributed by atoms with Gasteiger partial charge in [0.05, 0.1) is 6.61 Å². The van der Waals surface area contributed by atoms with Crippen molar-refractivity contribution in [3.8, 4) is 5.75 Å². The van der Waals surface area contributed by atoms with E-state index in [1.807, 2.05) is 12.1 Å². The van der Waals surface area contributed by atoms with Gasteiger partial charge in [-0.25, -0.2) is 0 Å². The largest absolute Gasteiger partial charge is 0.492 e. The summed E-state index contributed by atoms with van der Waals surface area (Å²) in [5, 5.41) is 0. The number of aryl methyl sites for hydroxylation is 3. The number of benzene rings is 2. The first-order valence-corrected chi connectivity index (χ1v) is 7.74. The molecule has 2 aromatic rings. The highest BCUT2D eigenvalue weighted by Gasteiger charge is 2.02. The fraction of sp³-hybridized carbons (Fsp3) is 0.294. The van der Waals surface area contributed by atoms with Crippen LogP contribution in [0.1, 0.15) is 16.7 Å². The van der Waals surface area contributed by atoms with Gasteiger partial charge >= 0.3 is 0 Å². The molecular formula is C17H21NOS. The van der Waals surface area contributed by atoms with E-state index in [0.717, 1.165) is 17.2 Å². The zero-order valence-electron chi connectivity index (χ0n) is 12.3. The Bertz CT molecular complexity index is 542. The number of rotatable bonds is 5. The molecule has 0 bridgehead atoms. The van der Waals surface area contributed by atoms with Crippen LogP contribution in [0, 0.1) is 20.8 Å². The summed E-state index contributed by atoms with van der Waals surface area (Å²) >= 11 is 1.79. The van der Waals surface area contributed by atoms with Crippen LogP contribution >= 0.6 is 11.8 Å². The Hall–Kier alpha value is -1.61. The molecule has 0 fully saturated rings. The maximum absolute atomic E-state index is 5.86. The van der Waals surface area contributed by atoms with Crippen molar-refractivity contribution < 1.29 is 4.74 Å². The molecule has 2 nitrogen and oxygen atoms in total.